The zero-order valence-electron chi connectivity index (χ0n) is 15.4. The predicted molar refractivity (Wildman–Crippen MR) is 99.4 cm³/mol. The van der Waals surface area contributed by atoms with Gasteiger partial charge in [-0.3, -0.25) is 9.88 Å². The summed E-state index contributed by atoms with van der Waals surface area (Å²) in [5.41, 5.74) is 0.854. The highest BCUT2D eigenvalue weighted by Gasteiger charge is 2.24. The van der Waals surface area contributed by atoms with Gasteiger partial charge in [0.2, 0.25) is 0 Å². The van der Waals surface area contributed by atoms with Crippen molar-refractivity contribution in [3.05, 3.63) is 42.2 Å². The molecule has 0 atom stereocenters. The van der Waals surface area contributed by atoms with Crippen LogP contribution in [-0.4, -0.2) is 52.7 Å². The minimum Gasteiger partial charge on any atom is -0.444 e. The topological polar surface area (TPSA) is 45.7 Å². The van der Waals surface area contributed by atoms with E-state index in [-0.39, 0.29) is 6.09 Å². The first kappa shape index (κ1) is 17.7. The number of amides is 1. The first-order chi connectivity index (χ1) is 11.9. The maximum Gasteiger partial charge on any atom is 0.410 e. The number of hydrogen-bond donors (Lipinski definition) is 0. The average Bonchev–Trinajstić information content (AvgIpc) is 2.79. The number of aromatic nitrogens is 1. The van der Waals surface area contributed by atoms with Crippen LogP contribution in [0.15, 0.2) is 36.7 Å². The first-order valence-corrected chi connectivity index (χ1v) is 8.94. The van der Waals surface area contributed by atoms with E-state index in [9.17, 15) is 4.79 Å². The molecule has 134 valence electrons. The Labute approximate surface area is 149 Å². The molecule has 3 rings (SSSR count). The monoisotopic (exact) mass is 341 g/mol. The number of carbonyl (C=O) groups is 1. The van der Waals surface area contributed by atoms with Crippen molar-refractivity contribution in [2.24, 2.45) is 0 Å². The van der Waals surface area contributed by atoms with Crippen LogP contribution in [0, 0.1) is 0 Å². The summed E-state index contributed by atoms with van der Waals surface area (Å²) in [6, 6.07) is 8.57. The molecule has 0 spiro atoms. The molecular formula is C20H27N3O2. The Morgan fingerprint density at radius 3 is 2.76 bits per heavy atom. The minimum absolute atomic E-state index is 0.201. The quantitative estimate of drug-likeness (QED) is 0.836. The fraction of sp³-hybridized carbons (Fsp3) is 0.500. The smallest absolute Gasteiger partial charge is 0.410 e. The van der Waals surface area contributed by atoms with E-state index in [1.165, 1.54) is 16.3 Å². The summed E-state index contributed by atoms with van der Waals surface area (Å²) in [6.45, 7) is 9.96. The summed E-state index contributed by atoms with van der Waals surface area (Å²) in [6.07, 6.45) is 4.49. The molecule has 2 heterocycles. The lowest BCUT2D eigenvalue weighted by Gasteiger charge is -2.26. The van der Waals surface area contributed by atoms with Gasteiger partial charge in [-0.15, -0.1) is 0 Å². The number of pyridine rings is 1. The fourth-order valence-corrected chi connectivity index (χ4v) is 3.13. The van der Waals surface area contributed by atoms with Crippen molar-refractivity contribution in [1.82, 2.24) is 14.8 Å². The minimum atomic E-state index is -0.441. The number of nitrogens with zero attached hydrogens (tertiary/aromatic N) is 3. The zero-order chi connectivity index (χ0) is 17.9. The summed E-state index contributed by atoms with van der Waals surface area (Å²) >= 11 is 0. The van der Waals surface area contributed by atoms with Crippen molar-refractivity contribution in [3.63, 3.8) is 0 Å². The highest BCUT2D eigenvalue weighted by atomic mass is 16.6. The van der Waals surface area contributed by atoms with E-state index >= 15 is 0 Å². The number of benzene rings is 1. The lowest BCUT2D eigenvalue weighted by Crippen LogP contribution is -2.39. The van der Waals surface area contributed by atoms with Crippen LogP contribution < -0.4 is 0 Å². The molecule has 1 aliphatic rings. The van der Waals surface area contributed by atoms with E-state index < -0.39 is 5.60 Å². The molecule has 1 amide bonds. The van der Waals surface area contributed by atoms with Gasteiger partial charge in [0.15, 0.2) is 0 Å². The van der Waals surface area contributed by atoms with Crippen LogP contribution in [0.4, 0.5) is 4.79 Å². The summed E-state index contributed by atoms with van der Waals surface area (Å²) in [5.74, 6) is 0. The predicted octanol–water partition coefficient (Wildman–Crippen LogP) is 3.68. The van der Waals surface area contributed by atoms with Gasteiger partial charge >= 0.3 is 6.09 Å². The molecule has 1 fully saturated rings. The fourth-order valence-electron chi connectivity index (χ4n) is 3.13. The van der Waals surface area contributed by atoms with Crippen LogP contribution in [0.3, 0.4) is 0 Å². The van der Waals surface area contributed by atoms with Crippen LogP contribution >= 0.6 is 0 Å². The van der Waals surface area contributed by atoms with E-state index in [1.54, 1.807) is 0 Å². The van der Waals surface area contributed by atoms with Crippen molar-refractivity contribution in [1.29, 1.82) is 0 Å². The summed E-state index contributed by atoms with van der Waals surface area (Å²) < 4.78 is 5.50. The molecule has 5 nitrogen and oxygen atoms in total. The van der Waals surface area contributed by atoms with Gasteiger partial charge in [0.25, 0.3) is 0 Å². The van der Waals surface area contributed by atoms with E-state index in [4.69, 9.17) is 4.74 Å². The molecule has 0 radical (unpaired) electrons. The number of hydrogen-bond acceptors (Lipinski definition) is 4. The highest BCUT2D eigenvalue weighted by Crippen LogP contribution is 2.17. The summed E-state index contributed by atoms with van der Waals surface area (Å²) in [5, 5.41) is 2.39. The Kier molecular flexibility index (Phi) is 5.23. The van der Waals surface area contributed by atoms with Gasteiger partial charge < -0.3 is 9.64 Å². The lowest BCUT2D eigenvalue weighted by molar-refractivity contribution is 0.0257. The number of ether oxygens (including phenoxy) is 1. The molecule has 5 heteroatoms. The molecule has 1 aromatic heterocycles. The number of carbonyl (C=O) groups excluding carboxylic acids is 1. The first-order valence-electron chi connectivity index (χ1n) is 8.94. The van der Waals surface area contributed by atoms with Gasteiger partial charge in [-0.25, -0.2) is 4.79 Å². The van der Waals surface area contributed by atoms with Crippen LogP contribution in [0.2, 0.25) is 0 Å². The SMILES string of the molecule is CC(C)(C)OC(=O)N1CCCN(Cc2ccc3cnccc3c2)CC1. The molecule has 1 aromatic carbocycles. The molecule has 0 aliphatic carbocycles. The van der Waals surface area contributed by atoms with E-state index in [0.717, 1.165) is 32.6 Å². The standard InChI is InChI=1S/C20H27N3O2/c1-20(2,3)25-19(24)23-10-4-9-22(11-12-23)15-16-5-6-18-14-21-8-7-17(18)13-16/h5-8,13-14H,4,9-12,15H2,1-3H3. The molecule has 0 N–H and O–H groups in total. The zero-order valence-corrected chi connectivity index (χ0v) is 15.4. The third-order valence-corrected chi connectivity index (χ3v) is 4.35. The second-order valence-electron chi connectivity index (χ2n) is 7.65. The third-order valence-electron chi connectivity index (χ3n) is 4.35. The van der Waals surface area contributed by atoms with Crippen LogP contribution in [0.25, 0.3) is 10.8 Å². The van der Waals surface area contributed by atoms with Crippen molar-refractivity contribution >= 4 is 16.9 Å². The van der Waals surface area contributed by atoms with Crippen LogP contribution in [-0.2, 0) is 11.3 Å². The Hall–Kier alpha value is -2.14. The summed E-state index contributed by atoms with van der Waals surface area (Å²) in [4.78, 5) is 20.7. The Bertz CT molecular complexity index is 739. The van der Waals surface area contributed by atoms with Gasteiger partial charge in [-0.2, -0.15) is 0 Å². The molecule has 2 aromatic rings. The largest absolute Gasteiger partial charge is 0.444 e. The van der Waals surface area contributed by atoms with Gasteiger partial charge in [0.1, 0.15) is 5.60 Å². The molecule has 0 unspecified atom stereocenters. The Morgan fingerprint density at radius 1 is 1.12 bits per heavy atom. The second-order valence-corrected chi connectivity index (χ2v) is 7.65. The molecular weight excluding hydrogens is 314 g/mol. The molecule has 1 aliphatic heterocycles. The molecule has 25 heavy (non-hydrogen) atoms. The van der Waals surface area contributed by atoms with Crippen molar-refractivity contribution in [2.45, 2.75) is 39.3 Å². The van der Waals surface area contributed by atoms with E-state index in [2.05, 4.69) is 28.1 Å². The average molecular weight is 341 g/mol. The van der Waals surface area contributed by atoms with Gasteiger partial charge in [0, 0.05) is 50.5 Å². The van der Waals surface area contributed by atoms with Crippen molar-refractivity contribution in [2.75, 3.05) is 26.2 Å². The van der Waals surface area contributed by atoms with E-state index in [1.807, 2.05) is 44.1 Å². The normalized spacial score (nSPS) is 16.7. The number of rotatable bonds is 2. The molecule has 0 saturated carbocycles. The Morgan fingerprint density at radius 2 is 1.96 bits per heavy atom. The highest BCUT2D eigenvalue weighted by molar-refractivity contribution is 5.81. The van der Waals surface area contributed by atoms with E-state index in [0.29, 0.717) is 6.54 Å². The third kappa shape index (κ3) is 4.92. The van der Waals surface area contributed by atoms with Crippen LogP contribution in [0.1, 0.15) is 32.8 Å². The van der Waals surface area contributed by atoms with Gasteiger partial charge in [0.05, 0.1) is 0 Å². The molecule has 1 saturated heterocycles. The van der Waals surface area contributed by atoms with Crippen molar-refractivity contribution < 1.29 is 9.53 Å². The number of fused-ring (bicyclic) bond motifs is 1. The maximum atomic E-state index is 12.3. The maximum absolute atomic E-state index is 12.3. The van der Waals surface area contributed by atoms with Gasteiger partial charge in [-0.05, 0) is 50.3 Å². The second kappa shape index (κ2) is 7.40. The molecule has 0 bridgehead atoms. The summed E-state index contributed by atoms with van der Waals surface area (Å²) in [7, 11) is 0. The van der Waals surface area contributed by atoms with Gasteiger partial charge in [-0.1, -0.05) is 12.1 Å². The lowest BCUT2D eigenvalue weighted by atomic mass is 10.1. The van der Waals surface area contributed by atoms with Crippen molar-refractivity contribution in [3.8, 4) is 0 Å². The Balaban J connectivity index is 1.60. The van der Waals surface area contributed by atoms with Crippen LogP contribution in [0.5, 0.6) is 0 Å².